The summed E-state index contributed by atoms with van der Waals surface area (Å²) in [6.07, 6.45) is 4.01. The highest BCUT2D eigenvalue weighted by Gasteiger charge is 2.21. The Morgan fingerprint density at radius 3 is 3.18 bits per heavy atom. The van der Waals surface area contributed by atoms with Crippen LogP contribution in [0.2, 0.25) is 0 Å². The quantitative estimate of drug-likeness (QED) is 0.445. The van der Waals surface area contributed by atoms with Crippen LogP contribution in [0.1, 0.15) is 19.8 Å². The van der Waals surface area contributed by atoms with Gasteiger partial charge in [0.15, 0.2) is 0 Å². The van der Waals surface area contributed by atoms with E-state index < -0.39 is 0 Å². The number of isocyanates is 1. The van der Waals surface area contributed by atoms with E-state index in [1.807, 2.05) is 0 Å². The van der Waals surface area contributed by atoms with E-state index in [4.69, 9.17) is 0 Å². The van der Waals surface area contributed by atoms with E-state index >= 15 is 0 Å². The van der Waals surface area contributed by atoms with E-state index in [1.54, 1.807) is 6.08 Å². The van der Waals surface area contributed by atoms with E-state index in [2.05, 4.69) is 16.8 Å². The van der Waals surface area contributed by atoms with Gasteiger partial charge >= 0.3 is 0 Å². The van der Waals surface area contributed by atoms with Crippen LogP contribution in [-0.4, -0.2) is 36.7 Å². The maximum atomic E-state index is 9.85. The highest BCUT2D eigenvalue weighted by atomic mass is 16.1. The second kappa shape index (κ2) is 4.27. The lowest BCUT2D eigenvalue weighted by Crippen LogP contribution is -2.31. The predicted octanol–water partition coefficient (Wildman–Crippen LogP) is 0.806. The van der Waals surface area contributed by atoms with Crippen LogP contribution in [0.25, 0.3) is 0 Å². The summed E-state index contributed by atoms with van der Waals surface area (Å²) >= 11 is 0. The molecule has 1 rings (SSSR count). The Morgan fingerprint density at radius 2 is 2.55 bits per heavy atom. The van der Waals surface area contributed by atoms with Gasteiger partial charge in [-0.05, 0) is 25.9 Å². The van der Waals surface area contributed by atoms with Gasteiger partial charge in [0, 0.05) is 6.04 Å². The van der Waals surface area contributed by atoms with Crippen LogP contribution in [-0.2, 0) is 4.79 Å². The molecule has 1 saturated heterocycles. The van der Waals surface area contributed by atoms with Gasteiger partial charge in [0.2, 0.25) is 6.08 Å². The van der Waals surface area contributed by atoms with Crippen LogP contribution in [0, 0.1) is 0 Å². The van der Waals surface area contributed by atoms with Gasteiger partial charge in [-0.2, -0.15) is 0 Å². The summed E-state index contributed by atoms with van der Waals surface area (Å²) < 4.78 is 0. The molecule has 1 aliphatic rings. The van der Waals surface area contributed by atoms with Gasteiger partial charge in [-0.15, -0.1) is 0 Å². The lowest BCUT2D eigenvalue weighted by atomic mass is 10.2. The van der Waals surface area contributed by atoms with Crippen molar-refractivity contribution in [3.05, 3.63) is 0 Å². The summed E-state index contributed by atoms with van der Waals surface area (Å²) in [6.45, 7) is 5.01. The van der Waals surface area contributed by atoms with Crippen molar-refractivity contribution in [2.45, 2.75) is 25.8 Å². The molecule has 1 heterocycles. The number of nitrogens with zero attached hydrogens (tertiary/aromatic N) is 2. The van der Waals surface area contributed by atoms with Crippen molar-refractivity contribution in [1.29, 1.82) is 0 Å². The van der Waals surface area contributed by atoms with Gasteiger partial charge in [0.1, 0.15) is 0 Å². The van der Waals surface area contributed by atoms with Crippen molar-refractivity contribution in [3.63, 3.8) is 0 Å². The molecule has 1 aliphatic heterocycles. The normalized spacial score (nSPS) is 25.0. The minimum Gasteiger partial charge on any atom is -0.299 e. The van der Waals surface area contributed by atoms with Crippen LogP contribution >= 0.6 is 0 Å². The smallest absolute Gasteiger partial charge is 0.234 e. The fraction of sp³-hybridized carbons (Fsp3) is 0.875. The Balaban J connectivity index is 2.36. The van der Waals surface area contributed by atoms with Gasteiger partial charge in [0.25, 0.3) is 0 Å². The zero-order valence-electron chi connectivity index (χ0n) is 6.92. The lowest BCUT2D eigenvalue weighted by Gasteiger charge is -2.19. The maximum Gasteiger partial charge on any atom is 0.234 e. The average Bonchev–Trinajstić information content (AvgIpc) is 2.47. The molecule has 0 aromatic heterocycles. The number of likely N-dealkylation sites (N-methyl/N-ethyl adjacent to an activating group) is 1. The Morgan fingerprint density at radius 1 is 1.73 bits per heavy atom. The number of hydrogen-bond acceptors (Lipinski definition) is 3. The Labute approximate surface area is 67.1 Å². The van der Waals surface area contributed by atoms with Crippen molar-refractivity contribution < 1.29 is 4.79 Å². The molecule has 0 aromatic rings. The van der Waals surface area contributed by atoms with Crippen molar-refractivity contribution in [2.24, 2.45) is 4.99 Å². The van der Waals surface area contributed by atoms with Crippen LogP contribution in [0.3, 0.4) is 0 Å². The average molecular weight is 154 g/mol. The molecule has 11 heavy (non-hydrogen) atoms. The molecule has 1 unspecified atom stereocenters. The molecule has 0 saturated carbocycles. The topological polar surface area (TPSA) is 32.7 Å². The predicted molar refractivity (Wildman–Crippen MR) is 43.3 cm³/mol. The first-order valence-electron chi connectivity index (χ1n) is 4.16. The molecule has 0 radical (unpaired) electrons. The Bertz CT molecular complexity index is 163. The largest absolute Gasteiger partial charge is 0.299 e. The lowest BCUT2D eigenvalue weighted by molar-refractivity contribution is 0.273. The third-order valence-corrected chi connectivity index (χ3v) is 2.27. The second-order valence-electron chi connectivity index (χ2n) is 2.86. The Hall–Kier alpha value is -0.660. The molecular formula is C8H14N2O. The third kappa shape index (κ3) is 2.14. The number of rotatable bonds is 3. The molecule has 0 N–H and O–H groups in total. The minimum absolute atomic E-state index is 0.501. The minimum atomic E-state index is 0.501. The second-order valence-corrected chi connectivity index (χ2v) is 2.86. The van der Waals surface area contributed by atoms with Crippen LogP contribution in [0.5, 0.6) is 0 Å². The van der Waals surface area contributed by atoms with E-state index in [0.717, 1.165) is 13.1 Å². The summed E-state index contributed by atoms with van der Waals surface area (Å²) in [5.74, 6) is 0. The third-order valence-electron chi connectivity index (χ3n) is 2.27. The molecular weight excluding hydrogens is 140 g/mol. The van der Waals surface area contributed by atoms with Crippen LogP contribution < -0.4 is 0 Å². The zero-order valence-corrected chi connectivity index (χ0v) is 6.92. The van der Waals surface area contributed by atoms with Gasteiger partial charge in [-0.1, -0.05) is 6.92 Å². The number of aliphatic imine (C=N–C) groups is 1. The summed E-state index contributed by atoms with van der Waals surface area (Å²) in [6, 6.07) is 0.501. The number of likely N-dealkylation sites (tertiary alicyclic amines) is 1. The monoisotopic (exact) mass is 154 g/mol. The van der Waals surface area contributed by atoms with Crippen molar-refractivity contribution in [3.8, 4) is 0 Å². The maximum absolute atomic E-state index is 9.85. The zero-order chi connectivity index (χ0) is 8.10. The molecule has 3 heteroatoms. The molecule has 1 fully saturated rings. The molecule has 0 aliphatic carbocycles. The van der Waals surface area contributed by atoms with Gasteiger partial charge in [0.05, 0.1) is 6.54 Å². The molecule has 0 aromatic carbocycles. The van der Waals surface area contributed by atoms with Crippen molar-refractivity contribution in [2.75, 3.05) is 19.6 Å². The molecule has 0 bridgehead atoms. The number of carbonyl (C=O) groups excluding carboxylic acids is 1. The van der Waals surface area contributed by atoms with Gasteiger partial charge in [-0.25, -0.2) is 9.79 Å². The highest BCUT2D eigenvalue weighted by molar-refractivity contribution is 5.32. The van der Waals surface area contributed by atoms with Crippen LogP contribution in [0.15, 0.2) is 4.99 Å². The van der Waals surface area contributed by atoms with E-state index in [9.17, 15) is 4.79 Å². The summed E-state index contributed by atoms with van der Waals surface area (Å²) in [4.78, 5) is 15.8. The standard InChI is InChI=1S/C8H14N2O/c1-2-10-5-3-4-8(10)6-9-7-11/h8H,2-6H2,1H3. The van der Waals surface area contributed by atoms with Gasteiger partial charge < -0.3 is 0 Å². The molecule has 62 valence electrons. The summed E-state index contributed by atoms with van der Waals surface area (Å²) in [5, 5.41) is 0. The first kappa shape index (κ1) is 8.44. The Kier molecular flexibility index (Phi) is 3.27. The molecule has 0 spiro atoms. The fourth-order valence-corrected chi connectivity index (χ4v) is 1.66. The summed E-state index contributed by atoms with van der Waals surface area (Å²) in [5.41, 5.74) is 0. The molecule has 3 nitrogen and oxygen atoms in total. The highest BCUT2D eigenvalue weighted by Crippen LogP contribution is 2.16. The van der Waals surface area contributed by atoms with Crippen molar-refractivity contribution in [1.82, 2.24) is 4.90 Å². The summed E-state index contributed by atoms with van der Waals surface area (Å²) in [7, 11) is 0. The van der Waals surface area contributed by atoms with Crippen molar-refractivity contribution >= 4 is 6.08 Å². The molecule has 0 amide bonds. The van der Waals surface area contributed by atoms with Crippen LogP contribution in [0.4, 0.5) is 0 Å². The van der Waals surface area contributed by atoms with Gasteiger partial charge in [-0.3, -0.25) is 4.90 Å². The molecule has 1 atom stereocenters. The van der Waals surface area contributed by atoms with E-state index in [0.29, 0.717) is 12.6 Å². The SMILES string of the molecule is CCN1CCCC1CN=C=O. The first-order valence-corrected chi connectivity index (χ1v) is 4.16. The first-order chi connectivity index (χ1) is 5.38. The fourth-order valence-electron chi connectivity index (χ4n) is 1.66. The number of hydrogen-bond donors (Lipinski definition) is 0. The van der Waals surface area contributed by atoms with E-state index in [-0.39, 0.29) is 0 Å². The van der Waals surface area contributed by atoms with E-state index in [1.165, 1.54) is 12.8 Å².